The maximum Gasteiger partial charge on any atom is 0.228 e. The molecule has 6 nitrogen and oxygen atoms in total. The van der Waals surface area contributed by atoms with Crippen LogP contribution in [-0.2, 0) is 24.3 Å². The highest BCUT2D eigenvalue weighted by Crippen LogP contribution is 2.29. The molecule has 24 heavy (non-hydrogen) atoms. The summed E-state index contributed by atoms with van der Waals surface area (Å²) in [6.45, 7) is 3.14. The number of hydrogen-bond donors (Lipinski definition) is 0. The summed E-state index contributed by atoms with van der Waals surface area (Å²) in [5, 5.41) is 4.43. The number of furan rings is 1. The van der Waals surface area contributed by atoms with E-state index in [1.54, 1.807) is 6.26 Å². The van der Waals surface area contributed by atoms with Gasteiger partial charge >= 0.3 is 0 Å². The Morgan fingerprint density at radius 1 is 1.38 bits per heavy atom. The zero-order valence-corrected chi connectivity index (χ0v) is 14.1. The molecule has 1 atom stereocenters. The van der Waals surface area contributed by atoms with Gasteiger partial charge in [0.2, 0.25) is 5.91 Å². The highest BCUT2D eigenvalue weighted by molar-refractivity contribution is 5.79. The van der Waals surface area contributed by atoms with Gasteiger partial charge in [0.15, 0.2) is 0 Å². The number of aromatic nitrogens is 3. The summed E-state index contributed by atoms with van der Waals surface area (Å²) in [5.41, 5.74) is 0. The molecule has 2 aromatic rings. The van der Waals surface area contributed by atoms with Crippen LogP contribution in [0.3, 0.4) is 0 Å². The average Bonchev–Trinajstić information content (AvgIpc) is 3.31. The summed E-state index contributed by atoms with van der Waals surface area (Å²) in [6, 6.07) is 4.19. The van der Waals surface area contributed by atoms with Gasteiger partial charge in [0.25, 0.3) is 0 Å². The first kappa shape index (κ1) is 15.4. The Kier molecular flexibility index (Phi) is 4.12. The Morgan fingerprint density at radius 3 is 2.96 bits per heavy atom. The molecule has 4 rings (SSSR count). The molecule has 3 heterocycles. The van der Waals surface area contributed by atoms with Gasteiger partial charge in [-0.05, 0) is 38.3 Å². The van der Waals surface area contributed by atoms with Crippen LogP contribution in [0, 0.1) is 12.8 Å². The van der Waals surface area contributed by atoms with Crippen molar-refractivity contribution in [2.45, 2.75) is 64.6 Å². The monoisotopic (exact) mass is 328 g/mol. The zero-order valence-electron chi connectivity index (χ0n) is 14.1. The molecule has 1 aliphatic carbocycles. The van der Waals surface area contributed by atoms with Crippen LogP contribution in [-0.4, -0.2) is 31.6 Å². The zero-order chi connectivity index (χ0) is 16.5. The maximum absolute atomic E-state index is 13.3. The first-order chi connectivity index (χ1) is 11.7. The Bertz CT molecular complexity index is 701. The van der Waals surface area contributed by atoms with E-state index in [9.17, 15) is 4.79 Å². The predicted octanol–water partition coefficient (Wildman–Crippen LogP) is 2.71. The topological polar surface area (TPSA) is 64.2 Å². The Labute approximate surface area is 141 Å². The largest absolute Gasteiger partial charge is 0.467 e. The number of carbonyl (C=O) groups excluding carboxylic acids is 1. The highest BCUT2D eigenvalue weighted by atomic mass is 16.3. The SMILES string of the molecule is Cc1nc2n(n1)CC(C(=O)N(Cc1ccco1)C1CCCC1)CC2. The van der Waals surface area contributed by atoms with Crippen LogP contribution in [0.15, 0.2) is 22.8 Å². The number of carbonyl (C=O) groups is 1. The third-order valence-electron chi connectivity index (χ3n) is 5.27. The number of rotatable bonds is 4. The molecule has 128 valence electrons. The van der Waals surface area contributed by atoms with E-state index in [-0.39, 0.29) is 11.8 Å². The smallest absolute Gasteiger partial charge is 0.228 e. The molecule has 0 N–H and O–H groups in total. The number of aryl methyl sites for hydroxylation is 2. The van der Waals surface area contributed by atoms with Crippen LogP contribution < -0.4 is 0 Å². The second-order valence-corrected chi connectivity index (χ2v) is 6.98. The molecule has 1 unspecified atom stereocenters. The molecule has 1 fully saturated rings. The number of amides is 1. The lowest BCUT2D eigenvalue weighted by Gasteiger charge is -2.33. The van der Waals surface area contributed by atoms with E-state index in [1.807, 2.05) is 23.7 Å². The lowest BCUT2D eigenvalue weighted by atomic mass is 9.97. The lowest BCUT2D eigenvalue weighted by molar-refractivity contribution is -0.140. The van der Waals surface area contributed by atoms with Gasteiger partial charge in [-0.2, -0.15) is 5.10 Å². The standard InChI is InChI=1S/C18H24N4O2/c1-13-19-17-9-8-14(11-22(17)20-13)18(23)21(15-5-2-3-6-15)12-16-7-4-10-24-16/h4,7,10,14-15H,2-3,5-6,8-9,11-12H2,1H3. The van der Waals surface area contributed by atoms with Crippen LogP contribution in [0.25, 0.3) is 0 Å². The second-order valence-electron chi connectivity index (χ2n) is 6.98. The summed E-state index contributed by atoms with van der Waals surface area (Å²) in [6.07, 6.45) is 8.00. The van der Waals surface area contributed by atoms with Crippen molar-refractivity contribution in [2.75, 3.05) is 0 Å². The minimum Gasteiger partial charge on any atom is -0.467 e. The van der Waals surface area contributed by atoms with E-state index in [0.29, 0.717) is 19.1 Å². The molecule has 0 bridgehead atoms. The lowest BCUT2D eigenvalue weighted by Crippen LogP contribution is -2.44. The Balaban J connectivity index is 1.52. The third kappa shape index (κ3) is 2.97. The quantitative estimate of drug-likeness (QED) is 0.865. The van der Waals surface area contributed by atoms with Gasteiger partial charge in [-0.3, -0.25) is 4.79 Å². The van der Waals surface area contributed by atoms with Gasteiger partial charge in [-0.1, -0.05) is 12.8 Å². The summed E-state index contributed by atoms with van der Waals surface area (Å²) in [7, 11) is 0. The van der Waals surface area contributed by atoms with Crippen molar-refractivity contribution in [3.63, 3.8) is 0 Å². The minimum atomic E-state index is -0.00541. The van der Waals surface area contributed by atoms with Gasteiger partial charge in [0, 0.05) is 12.5 Å². The normalized spacial score (nSPS) is 21.0. The number of hydrogen-bond acceptors (Lipinski definition) is 4. The molecular formula is C18H24N4O2. The van der Waals surface area contributed by atoms with E-state index >= 15 is 0 Å². The maximum atomic E-state index is 13.3. The first-order valence-electron chi connectivity index (χ1n) is 8.94. The number of nitrogens with zero attached hydrogens (tertiary/aromatic N) is 4. The number of fused-ring (bicyclic) bond motifs is 1. The molecule has 0 saturated heterocycles. The van der Waals surface area contributed by atoms with E-state index < -0.39 is 0 Å². The fourth-order valence-corrected chi connectivity index (χ4v) is 4.04. The predicted molar refractivity (Wildman–Crippen MR) is 88.1 cm³/mol. The molecule has 0 aromatic carbocycles. The Hall–Kier alpha value is -2.11. The summed E-state index contributed by atoms with van der Waals surface area (Å²) < 4.78 is 7.42. The molecule has 2 aliphatic rings. The van der Waals surface area contributed by atoms with Gasteiger partial charge in [0.1, 0.15) is 17.4 Å². The molecule has 1 aliphatic heterocycles. The second kappa shape index (κ2) is 6.42. The van der Waals surface area contributed by atoms with E-state index in [2.05, 4.69) is 15.0 Å². The van der Waals surface area contributed by atoms with Gasteiger partial charge in [-0.15, -0.1) is 0 Å². The van der Waals surface area contributed by atoms with Crippen LogP contribution in [0.5, 0.6) is 0 Å². The summed E-state index contributed by atoms with van der Waals surface area (Å²) in [5.74, 6) is 2.91. The van der Waals surface area contributed by atoms with E-state index in [1.165, 1.54) is 12.8 Å². The molecule has 2 aromatic heterocycles. The first-order valence-corrected chi connectivity index (χ1v) is 8.94. The van der Waals surface area contributed by atoms with Crippen molar-refractivity contribution in [1.29, 1.82) is 0 Å². The third-order valence-corrected chi connectivity index (χ3v) is 5.27. The van der Waals surface area contributed by atoms with Crippen LogP contribution in [0.2, 0.25) is 0 Å². The van der Waals surface area contributed by atoms with Crippen molar-refractivity contribution >= 4 is 5.91 Å². The average molecular weight is 328 g/mol. The molecular weight excluding hydrogens is 304 g/mol. The molecule has 1 amide bonds. The summed E-state index contributed by atoms with van der Waals surface area (Å²) in [4.78, 5) is 19.8. The van der Waals surface area contributed by atoms with Crippen molar-refractivity contribution in [2.24, 2.45) is 5.92 Å². The van der Waals surface area contributed by atoms with Crippen molar-refractivity contribution in [1.82, 2.24) is 19.7 Å². The molecule has 6 heteroatoms. The van der Waals surface area contributed by atoms with Crippen LogP contribution in [0.4, 0.5) is 0 Å². The highest BCUT2D eigenvalue weighted by Gasteiger charge is 2.34. The van der Waals surface area contributed by atoms with Crippen molar-refractivity contribution in [3.8, 4) is 0 Å². The Morgan fingerprint density at radius 2 is 2.21 bits per heavy atom. The summed E-state index contributed by atoms with van der Waals surface area (Å²) >= 11 is 0. The fourth-order valence-electron chi connectivity index (χ4n) is 4.04. The van der Waals surface area contributed by atoms with Crippen LogP contribution >= 0.6 is 0 Å². The van der Waals surface area contributed by atoms with Crippen molar-refractivity contribution < 1.29 is 9.21 Å². The van der Waals surface area contributed by atoms with E-state index in [4.69, 9.17) is 4.42 Å². The van der Waals surface area contributed by atoms with Gasteiger partial charge in [0.05, 0.1) is 25.3 Å². The van der Waals surface area contributed by atoms with Gasteiger partial charge < -0.3 is 9.32 Å². The molecule has 1 saturated carbocycles. The minimum absolute atomic E-state index is 0.00541. The van der Waals surface area contributed by atoms with E-state index in [0.717, 1.165) is 43.1 Å². The fraction of sp³-hybridized carbons (Fsp3) is 0.611. The van der Waals surface area contributed by atoms with Crippen LogP contribution in [0.1, 0.15) is 49.5 Å². The van der Waals surface area contributed by atoms with Crippen molar-refractivity contribution in [3.05, 3.63) is 35.8 Å². The van der Waals surface area contributed by atoms with Gasteiger partial charge in [-0.25, -0.2) is 9.67 Å². The molecule has 0 spiro atoms. The molecule has 0 radical (unpaired) electrons.